The van der Waals surface area contributed by atoms with Crippen LogP contribution in [0.25, 0.3) is 0 Å². The van der Waals surface area contributed by atoms with E-state index in [1.807, 2.05) is 0 Å². The molecule has 4 N–H and O–H groups in total. The lowest BCUT2D eigenvalue weighted by Crippen LogP contribution is -2.44. The molecule has 0 spiro atoms. The molecule has 1 fully saturated rings. The summed E-state index contributed by atoms with van der Waals surface area (Å²) in [5.74, 6) is 5.18. The quantitative estimate of drug-likeness (QED) is 0.547. The van der Waals surface area contributed by atoms with Crippen molar-refractivity contribution in [1.82, 2.24) is 15.1 Å². The largest absolute Gasteiger partial charge is 0.312 e. The molecule has 1 saturated heterocycles. The molecular formula is C8H13N5O2. The van der Waals surface area contributed by atoms with Crippen LogP contribution in [0.1, 0.15) is 6.04 Å². The summed E-state index contributed by atoms with van der Waals surface area (Å²) in [7, 11) is 0. The van der Waals surface area contributed by atoms with Gasteiger partial charge in [0.1, 0.15) is 12.4 Å². The normalized spacial score (nSPS) is 16.1. The number of carbonyl (C=O) groups excluding carboxylic acids is 1. The number of hydrogen-bond acceptors (Lipinski definition) is 5. The van der Waals surface area contributed by atoms with Gasteiger partial charge in [-0.2, -0.15) is 5.10 Å². The summed E-state index contributed by atoms with van der Waals surface area (Å²) in [6, 6.07) is 2.06. The summed E-state index contributed by atoms with van der Waals surface area (Å²) < 4.78 is 1.78. The lowest BCUT2D eigenvalue weighted by molar-refractivity contribution is -0.120. The highest BCUT2D eigenvalue weighted by atomic mass is 16.6. The van der Waals surface area contributed by atoms with Gasteiger partial charge >= 0.3 is 0 Å². The first-order chi connectivity index (χ1) is 7.31. The van der Waals surface area contributed by atoms with Crippen LogP contribution in [0.2, 0.25) is 0 Å². The molecule has 2 heterocycles. The molecule has 0 radical (unpaired) electrons. The van der Waals surface area contributed by atoms with Gasteiger partial charge in [-0.05, 0) is 0 Å². The summed E-state index contributed by atoms with van der Waals surface area (Å²) in [4.78, 5) is 15.5. The van der Waals surface area contributed by atoms with E-state index in [0.717, 1.165) is 13.1 Å². The van der Waals surface area contributed by atoms with Crippen molar-refractivity contribution in [2.24, 2.45) is 5.90 Å². The van der Waals surface area contributed by atoms with E-state index in [0.29, 0.717) is 11.9 Å². The first kappa shape index (κ1) is 10.1. The molecule has 1 aliphatic rings. The van der Waals surface area contributed by atoms with Gasteiger partial charge in [0.25, 0.3) is 5.91 Å². The third-order valence-corrected chi connectivity index (χ3v) is 2.26. The van der Waals surface area contributed by atoms with Crippen LogP contribution >= 0.6 is 0 Å². The number of aromatic nitrogens is 2. The van der Waals surface area contributed by atoms with Gasteiger partial charge < -0.3 is 10.6 Å². The topological polar surface area (TPSA) is 94.2 Å². The first-order valence-corrected chi connectivity index (χ1v) is 4.67. The first-order valence-electron chi connectivity index (χ1n) is 4.67. The Balaban J connectivity index is 2.01. The van der Waals surface area contributed by atoms with Gasteiger partial charge in [-0.3, -0.25) is 9.63 Å². The van der Waals surface area contributed by atoms with Gasteiger partial charge in [0.2, 0.25) is 0 Å². The highest BCUT2D eigenvalue weighted by Gasteiger charge is 2.22. The highest BCUT2D eigenvalue weighted by molar-refractivity contribution is 5.90. The van der Waals surface area contributed by atoms with Crippen LogP contribution in [0.3, 0.4) is 0 Å². The van der Waals surface area contributed by atoms with E-state index in [-0.39, 0.29) is 12.5 Å². The van der Waals surface area contributed by atoms with Crippen molar-refractivity contribution in [3.05, 3.63) is 12.3 Å². The predicted octanol–water partition coefficient (Wildman–Crippen LogP) is -1.14. The van der Waals surface area contributed by atoms with Gasteiger partial charge in [0.05, 0.1) is 12.2 Å². The van der Waals surface area contributed by atoms with E-state index in [2.05, 4.69) is 20.6 Å². The van der Waals surface area contributed by atoms with Gasteiger partial charge in [0.15, 0.2) is 0 Å². The monoisotopic (exact) mass is 211 g/mol. The van der Waals surface area contributed by atoms with Crippen LogP contribution < -0.4 is 16.5 Å². The molecule has 1 aromatic rings. The molecular weight excluding hydrogens is 198 g/mol. The second-order valence-corrected chi connectivity index (χ2v) is 3.33. The zero-order valence-electron chi connectivity index (χ0n) is 8.14. The predicted molar refractivity (Wildman–Crippen MR) is 52.9 cm³/mol. The number of nitrogens with two attached hydrogens (primary N) is 1. The Morgan fingerprint density at radius 3 is 3.20 bits per heavy atom. The van der Waals surface area contributed by atoms with Crippen molar-refractivity contribution in [2.75, 3.05) is 25.0 Å². The Hall–Kier alpha value is -1.44. The minimum Gasteiger partial charge on any atom is -0.312 e. The van der Waals surface area contributed by atoms with E-state index in [1.165, 1.54) is 0 Å². The van der Waals surface area contributed by atoms with Crippen LogP contribution in [-0.4, -0.2) is 35.4 Å². The molecule has 15 heavy (non-hydrogen) atoms. The van der Waals surface area contributed by atoms with Gasteiger partial charge in [-0.15, -0.1) is 0 Å². The van der Waals surface area contributed by atoms with Gasteiger partial charge in [-0.25, -0.2) is 10.6 Å². The number of nitrogens with one attached hydrogen (secondary N) is 2. The molecule has 0 saturated carbocycles. The number of rotatable bonds is 4. The van der Waals surface area contributed by atoms with E-state index < -0.39 is 0 Å². The number of hydrogen-bond donors (Lipinski definition) is 3. The molecule has 82 valence electrons. The minimum atomic E-state index is -0.286. The Bertz CT molecular complexity index is 347. The molecule has 1 aliphatic heterocycles. The molecule has 1 amide bonds. The second kappa shape index (κ2) is 4.39. The summed E-state index contributed by atoms with van der Waals surface area (Å²) >= 11 is 0. The Kier molecular flexibility index (Phi) is 2.95. The number of carbonyl (C=O) groups is 1. The number of amides is 1. The van der Waals surface area contributed by atoms with Crippen molar-refractivity contribution in [3.63, 3.8) is 0 Å². The zero-order chi connectivity index (χ0) is 10.7. The Morgan fingerprint density at radius 1 is 1.80 bits per heavy atom. The Morgan fingerprint density at radius 2 is 2.60 bits per heavy atom. The van der Waals surface area contributed by atoms with Crippen LogP contribution in [0.5, 0.6) is 0 Å². The van der Waals surface area contributed by atoms with Crippen molar-refractivity contribution in [1.29, 1.82) is 0 Å². The number of anilines is 1. The fraction of sp³-hybridized carbons (Fsp3) is 0.500. The van der Waals surface area contributed by atoms with E-state index in [1.54, 1.807) is 16.9 Å². The molecule has 0 atom stereocenters. The molecule has 1 aromatic heterocycles. The summed E-state index contributed by atoms with van der Waals surface area (Å²) in [6.45, 7) is 1.59. The average molecular weight is 211 g/mol. The SMILES string of the molecule is NOCC(=O)Nc1ccnn1C1CNC1. The van der Waals surface area contributed by atoms with Crippen LogP contribution in [0, 0.1) is 0 Å². The molecule has 0 aromatic carbocycles. The smallest absolute Gasteiger partial charge is 0.253 e. The maximum Gasteiger partial charge on any atom is 0.253 e. The summed E-state index contributed by atoms with van der Waals surface area (Å²) in [5, 5.41) is 9.95. The Labute approximate surface area is 86.5 Å². The third-order valence-electron chi connectivity index (χ3n) is 2.26. The molecule has 0 aliphatic carbocycles. The van der Waals surface area contributed by atoms with Crippen LogP contribution in [0.4, 0.5) is 5.82 Å². The minimum absolute atomic E-state index is 0.159. The fourth-order valence-corrected chi connectivity index (χ4v) is 1.41. The second-order valence-electron chi connectivity index (χ2n) is 3.33. The van der Waals surface area contributed by atoms with E-state index in [4.69, 9.17) is 5.90 Å². The molecule has 2 rings (SSSR count). The fourth-order valence-electron chi connectivity index (χ4n) is 1.41. The molecule has 7 nitrogen and oxygen atoms in total. The van der Waals surface area contributed by atoms with Crippen LogP contribution in [-0.2, 0) is 9.63 Å². The highest BCUT2D eigenvalue weighted by Crippen LogP contribution is 2.17. The molecule has 0 unspecified atom stereocenters. The lowest BCUT2D eigenvalue weighted by Gasteiger charge is -2.28. The third kappa shape index (κ3) is 2.14. The average Bonchev–Trinajstić information content (AvgIpc) is 2.51. The van der Waals surface area contributed by atoms with Crippen molar-refractivity contribution >= 4 is 11.7 Å². The maximum atomic E-state index is 11.2. The van der Waals surface area contributed by atoms with Gasteiger partial charge in [-0.1, -0.05) is 0 Å². The molecule has 7 heteroatoms. The van der Waals surface area contributed by atoms with Crippen molar-refractivity contribution in [2.45, 2.75) is 6.04 Å². The summed E-state index contributed by atoms with van der Waals surface area (Å²) in [6.07, 6.45) is 1.65. The number of nitrogens with zero attached hydrogens (tertiary/aromatic N) is 2. The van der Waals surface area contributed by atoms with Crippen molar-refractivity contribution < 1.29 is 9.63 Å². The lowest BCUT2D eigenvalue weighted by atomic mass is 10.2. The summed E-state index contributed by atoms with van der Waals surface area (Å²) in [5.41, 5.74) is 0. The maximum absolute atomic E-state index is 11.2. The van der Waals surface area contributed by atoms with Crippen molar-refractivity contribution in [3.8, 4) is 0 Å². The standard InChI is InChI=1S/C8H13N5O2/c9-15-5-8(14)12-7-1-2-11-13(7)6-3-10-4-6/h1-2,6,10H,3-5,9H2,(H,12,14). The van der Waals surface area contributed by atoms with E-state index in [9.17, 15) is 4.79 Å². The van der Waals surface area contributed by atoms with E-state index >= 15 is 0 Å². The van der Waals surface area contributed by atoms with Gasteiger partial charge in [0, 0.05) is 19.2 Å². The van der Waals surface area contributed by atoms with Crippen LogP contribution in [0.15, 0.2) is 12.3 Å². The molecule has 0 bridgehead atoms. The zero-order valence-corrected chi connectivity index (χ0v) is 8.14.